The van der Waals surface area contributed by atoms with Crippen LogP contribution < -0.4 is 10.2 Å². The number of aliphatic carboxylic acids is 2. The van der Waals surface area contributed by atoms with E-state index in [4.69, 9.17) is 10.2 Å². The smallest absolute Gasteiger partial charge is 0.124 e. The van der Waals surface area contributed by atoms with E-state index in [1.807, 2.05) is 0 Å². The summed E-state index contributed by atoms with van der Waals surface area (Å²) in [5.41, 5.74) is 0. The summed E-state index contributed by atoms with van der Waals surface area (Å²) >= 11 is 0. The lowest BCUT2D eigenvalue weighted by atomic mass is 10.1. The van der Waals surface area contributed by atoms with Gasteiger partial charge in [-0.25, -0.2) is 0 Å². The number of unbranched alkanes of at least 4 members (excludes halogenated alkanes) is 5. The molecule has 0 aromatic carbocycles. The molecule has 0 rings (SSSR count). The number of aliphatic hydroxyl groups is 2. The average Bonchev–Trinajstić information content (AvgIpc) is 2.33. The molecule has 0 aliphatic carbocycles. The Morgan fingerprint density at radius 1 is 0.833 bits per heavy atom. The van der Waals surface area contributed by atoms with Crippen LogP contribution in [-0.4, -0.2) is 34.4 Å². The minimum atomic E-state index is -2.44. The Hall–Kier alpha value is -1.14. The topological polar surface area (TPSA) is 121 Å². The lowest BCUT2D eigenvalue weighted by Crippen LogP contribution is -2.51. The third kappa shape index (κ3) is 11.3. The zero-order chi connectivity index (χ0) is 14.6. The molecule has 2 atom stereocenters. The fourth-order valence-electron chi connectivity index (χ4n) is 1.11. The predicted molar refractivity (Wildman–Crippen MR) is 61.1 cm³/mol. The van der Waals surface area contributed by atoms with Gasteiger partial charge in [0.2, 0.25) is 0 Å². The van der Waals surface area contributed by atoms with Gasteiger partial charge in [-0.15, -0.1) is 0 Å². The van der Waals surface area contributed by atoms with Crippen molar-refractivity contribution in [1.82, 2.24) is 0 Å². The standard InChI is InChI=1S/C8H18.C4H6O6/c1-3-5-7-8-6-4-2;5-1(3(7)8)2(6)4(9)10/h3-8H2,1-2H3;1-2,5-6H,(H,7,8)(H,9,10)/p-2. The van der Waals surface area contributed by atoms with Gasteiger partial charge in [0.1, 0.15) is 12.2 Å². The highest BCUT2D eigenvalue weighted by atomic mass is 16.4. The van der Waals surface area contributed by atoms with Crippen LogP contribution in [0.1, 0.15) is 52.4 Å². The summed E-state index contributed by atoms with van der Waals surface area (Å²) in [6.45, 7) is 4.51. The summed E-state index contributed by atoms with van der Waals surface area (Å²) in [6, 6.07) is 0. The monoisotopic (exact) mass is 262 g/mol. The van der Waals surface area contributed by atoms with E-state index in [9.17, 15) is 19.8 Å². The third-order valence-electron chi connectivity index (χ3n) is 2.24. The second-order valence-corrected chi connectivity index (χ2v) is 3.94. The molecule has 6 nitrogen and oxygen atoms in total. The number of carboxylic acids is 2. The fraction of sp³-hybridized carbons (Fsp3) is 0.833. The third-order valence-corrected chi connectivity index (χ3v) is 2.24. The van der Waals surface area contributed by atoms with Gasteiger partial charge in [0, 0.05) is 0 Å². The predicted octanol–water partition coefficient (Wildman–Crippen LogP) is -1.43. The van der Waals surface area contributed by atoms with Crippen LogP contribution in [-0.2, 0) is 9.59 Å². The number of hydrogen-bond acceptors (Lipinski definition) is 6. The second-order valence-electron chi connectivity index (χ2n) is 3.94. The number of carboxylic acid groups (broad SMARTS) is 2. The van der Waals surface area contributed by atoms with Gasteiger partial charge in [-0.1, -0.05) is 52.4 Å². The Morgan fingerprint density at radius 3 is 1.28 bits per heavy atom. The van der Waals surface area contributed by atoms with Crippen LogP contribution in [0.25, 0.3) is 0 Å². The van der Waals surface area contributed by atoms with Gasteiger partial charge in [-0.2, -0.15) is 0 Å². The molecule has 0 bridgehead atoms. The molecule has 0 saturated carbocycles. The molecule has 0 aliphatic heterocycles. The first-order valence-corrected chi connectivity index (χ1v) is 6.16. The van der Waals surface area contributed by atoms with Crippen molar-refractivity contribution >= 4 is 11.9 Å². The molecule has 2 N–H and O–H groups in total. The van der Waals surface area contributed by atoms with Crippen LogP contribution >= 0.6 is 0 Å². The van der Waals surface area contributed by atoms with Crippen molar-refractivity contribution in [2.24, 2.45) is 0 Å². The molecule has 0 amide bonds. The summed E-state index contributed by atoms with van der Waals surface area (Å²) in [6.07, 6.45) is 3.61. The number of carbonyl (C=O) groups is 2. The SMILES string of the molecule is CCCCCCCC.O=C([O-])C(O)C(O)C(=O)[O-]. The van der Waals surface area contributed by atoms with Crippen molar-refractivity contribution in [3.05, 3.63) is 0 Å². The maximum atomic E-state index is 9.63. The van der Waals surface area contributed by atoms with Gasteiger partial charge in [0.25, 0.3) is 0 Å². The van der Waals surface area contributed by atoms with E-state index in [1.165, 1.54) is 38.5 Å². The molecule has 0 heterocycles. The van der Waals surface area contributed by atoms with Crippen LogP contribution in [0, 0.1) is 0 Å². The molecule has 0 radical (unpaired) electrons. The maximum Gasteiger partial charge on any atom is 0.124 e. The molecule has 0 aliphatic rings. The molecule has 6 heteroatoms. The molecular formula is C12H22O6-2. The Morgan fingerprint density at radius 2 is 1.11 bits per heavy atom. The normalized spacial score (nSPS) is 13.1. The van der Waals surface area contributed by atoms with Gasteiger partial charge in [0.05, 0.1) is 11.9 Å². The van der Waals surface area contributed by atoms with E-state index < -0.39 is 24.1 Å². The second kappa shape index (κ2) is 12.3. The van der Waals surface area contributed by atoms with Crippen molar-refractivity contribution in [2.75, 3.05) is 0 Å². The van der Waals surface area contributed by atoms with Crippen molar-refractivity contribution in [3.63, 3.8) is 0 Å². The molecular weight excluding hydrogens is 240 g/mol. The molecule has 0 aromatic rings. The van der Waals surface area contributed by atoms with E-state index in [0.717, 1.165) is 0 Å². The van der Waals surface area contributed by atoms with E-state index in [1.54, 1.807) is 0 Å². The summed E-state index contributed by atoms with van der Waals surface area (Å²) in [5.74, 6) is -4.12. The first-order valence-electron chi connectivity index (χ1n) is 6.16. The van der Waals surface area contributed by atoms with E-state index in [0.29, 0.717) is 0 Å². The molecule has 0 aromatic heterocycles. The van der Waals surface area contributed by atoms with E-state index >= 15 is 0 Å². The number of hydrogen-bond donors (Lipinski definition) is 2. The summed E-state index contributed by atoms with van der Waals surface area (Å²) in [7, 11) is 0. The Bertz CT molecular complexity index is 205. The first kappa shape index (κ1) is 19.2. The van der Waals surface area contributed by atoms with Crippen LogP contribution in [0.5, 0.6) is 0 Å². The summed E-state index contributed by atoms with van der Waals surface area (Å²) in [5, 5.41) is 35.7. The van der Waals surface area contributed by atoms with Crippen LogP contribution in [0.15, 0.2) is 0 Å². The zero-order valence-electron chi connectivity index (χ0n) is 10.9. The summed E-state index contributed by atoms with van der Waals surface area (Å²) in [4.78, 5) is 19.3. The summed E-state index contributed by atoms with van der Waals surface area (Å²) < 4.78 is 0. The van der Waals surface area contributed by atoms with E-state index in [2.05, 4.69) is 13.8 Å². The van der Waals surface area contributed by atoms with Crippen LogP contribution in [0.4, 0.5) is 0 Å². The molecule has 0 spiro atoms. The lowest BCUT2D eigenvalue weighted by Gasteiger charge is -2.18. The Balaban J connectivity index is 0. The largest absolute Gasteiger partial charge is 0.547 e. The average molecular weight is 262 g/mol. The number of aliphatic hydroxyl groups excluding tert-OH is 2. The molecule has 108 valence electrons. The van der Waals surface area contributed by atoms with Crippen molar-refractivity contribution in [1.29, 1.82) is 0 Å². The minimum absolute atomic E-state index is 1.36. The quantitative estimate of drug-likeness (QED) is 0.518. The molecule has 18 heavy (non-hydrogen) atoms. The minimum Gasteiger partial charge on any atom is -0.547 e. The lowest BCUT2D eigenvalue weighted by molar-refractivity contribution is -0.333. The highest BCUT2D eigenvalue weighted by Crippen LogP contribution is 2.03. The van der Waals surface area contributed by atoms with Crippen molar-refractivity contribution in [2.45, 2.75) is 64.6 Å². The Labute approximate surface area is 107 Å². The number of carbonyl (C=O) groups excluding carboxylic acids is 2. The highest BCUT2D eigenvalue weighted by molar-refractivity contribution is 5.80. The van der Waals surface area contributed by atoms with Gasteiger partial charge in [-0.05, 0) is 0 Å². The van der Waals surface area contributed by atoms with Crippen molar-refractivity contribution in [3.8, 4) is 0 Å². The molecule has 0 saturated heterocycles. The van der Waals surface area contributed by atoms with Gasteiger partial charge in [-0.3, -0.25) is 0 Å². The fourth-order valence-corrected chi connectivity index (χ4v) is 1.11. The maximum absolute atomic E-state index is 9.63. The van der Waals surface area contributed by atoms with Crippen molar-refractivity contribution < 1.29 is 30.0 Å². The molecule has 2 unspecified atom stereocenters. The van der Waals surface area contributed by atoms with Gasteiger partial charge < -0.3 is 30.0 Å². The highest BCUT2D eigenvalue weighted by Gasteiger charge is 2.17. The van der Waals surface area contributed by atoms with Crippen LogP contribution in [0.3, 0.4) is 0 Å². The zero-order valence-corrected chi connectivity index (χ0v) is 10.9. The first-order chi connectivity index (χ1) is 8.38. The van der Waals surface area contributed by atoms with Crippen LogP contribution in [0.2, 0.25) is 0 Å². The molecule has 0 fully saturated rings. The Kier molecular flexibility index (Phi) is 13.1. The van der Waals surface area contributed by atoms with E-state index in [-0.39, 0.29) is 0 Å². The van der Waals surface area contributed by atoms with Gasteiger partial charge >= 0.3 is 0 Å². The number of rotatable bonds is 8. The van der Waals surface area contributed by atoms with Gasteiger partial charge in [0.15, 0.2) is 0 Å².